The fourth-order valence-corrected chi connectivity index (χ4v) is 0.821. The first-order chi connectivity index (χ1) is 5.02. The minimum atomic E-state index is 0.244. The number of rotatable bonds is 1. The third-order valence-corrected chi connectivity index (χ3v) is 2.09. The van der Waals surface area contributed by atoms with E-state index in [-0.39, 0.29) is 5.41 Å². The maximum absolute atomic E-state index is 3.95. The topological polar surface area (TPSA) is 30.7 Å². The third kappa shape index (κ3) is 1.79. The molecule has 0 saturated carbocycles. The van der Waals surface area contributed by atoms with E-state index in [0.29, 0.717) is 6.04 Å². The minimum Gasteiger partial charge on any atom is -0.249 e. The third-order valence-electron chi connectivity index (χ3n) is 2.09. The van der Waals surface area contributed by atoms with Crippen LogP contribution in [0.4, 0.5) is 0 Å². The maximum atomic E-state index is 3.95. The Labute approximate surface area is 67.4 Å². The summed E-state index contributed by atoms with van der Waals surface area (Å²) in [5.74, 6) is 0. The molecule has 0 radical (unpaired) electrons. The molecular formula is C8H15N3. The lowest BCUT2D eigenvalue weighted by Crippen LogP contribution is -2.21. The van der Waals surface area contributed by atoms with Crippen LogP contribution in [0.3, 0.4) is 0 Å². The molecular weight excluding hydrogens is 138 g/mol. The first kappa shape index (κ1) is 8.24. The molecule has 0 unspecified atom stereocenters. The second-order valence-corrected chi connectivity index (χ2v) is 3.93. The summed E-state index contributed by atoms with van der Waals surface area (Å²) in [7, 11) is 0. The van der Waals surface area contributed by atoms with Crippen molar-refractivity contribution in [2.24, 2.45) is 5.41 Å². The Morgan fingerprint density at radius 1 is 1.36 bits per heavy atom. The lowest BCUT2D eigenvalue weighted by molar-refractivity contribution is 0.241. The van der Waals surface area contributed by atoms with E-state index in [1.54, 1.807) is 6.20 Å². The quantitative estimate of drug-likeness (QED) is 0.616. The Morgan fingerprint density at radius 3 is 2.36 bits per heavy atom. The van der Waals surface area contributed by atoms with Gasteiger partial charge in [0.1, 0.15) is 0 Å². The smallest absolute Gasteiger partial charge is 0.0693 e. The minimum absolute atomic E-state index is 0.244. The van der Waals surface area contributed by atoms with Crippen LogP contribution in [0.25, 0.3) is 0 Å². The molecule has 1 heterocycles. The van der Waals surface area contributed by atoms with Gasteiger partial charge in [-0.3, -0.25) is 0 Å². The fourth-order valence-electron chi connectivity index (χ4n) is 0.821. The van der Waals surface area contributed by atoms with Gasteiger partial charge in [-0.2, -0.15) is 0 Å². The fraction of sp³-hybridized carbons (Fsp3) is 0.750. The van der Waals surface area contributed by atoms with Crippen molar-refractivity contribution in [2.75, 3.05) is 0 Å². The van der Waals surface area contributed by atoms with Gasteiger partial charge in [0.25, 0.3) is 0 Å². The summed E-state index contributed by atoms with van der Waals surface area (Å²) < 4.78 is 1.89. The van der Waals surface area contributed by atoms with Gasteiger partial charge < -0.3 is 0 Å². The Balaban J connectivity index is 2.78. The lowest BCUT2D eigenvalue weighted by Gasteiger charge is -2.26. The SMILES string of the molecule is C[C@@H](n1ccnn1)C(C)(C)C. The van der Waals surface area contributed by atoms with Gasteiger partial charge in [-0.05, 0) is 12.3 Å². The number of hydrogen-bond acceptors (Lipinski definition) is 2. The van der Waals surface area contributed by atoms with Crippen LogP contribution in [0.5, 0.6) is 0 Å². The van der Waals surface area contributed by atoms with Crippen molar-refractivity contribution >= 4 is 0 Å². The van der Waals surface area contributed by atoms with E-state index in [1.165, 1.54) is 0 Å². The molecule has 1 atom stereocenters. The van der Waals surface area contributed by atoms with Crippen LogP contribution < -0.4 is 0 Å². The maximum Gasteiger partial charge on any atom is 0.0693 e. The van der Waals surface area contributed by atoms with E-state index in [2.05, 4.69) is 38.0 Å². The zero-order valence-corrected chi connectivity index (χ0v) is 7.57. The summed E-state index contributed by atoms with van der Waals surface area (Å²) in [5, 5.41) is 7.72. The normalized spacial score (nSPS) is 14.9. The first-order valence-corrected chi connectivity index (χ1v) is 3.87. The molecule has 3 nitrogen and oxygen atoms in total. The summed E-state index contributed by atoms with van der Waals surface area (Å²) in [5.41, 5.74) is 0.244. The van der Waals surface area contributed by atoms with Gasteiger partial charge in [0.05, 0.1) is 12.2 Å². The molecule has 0 fully saturated rings. The summed E-state index contributed by atoms with van der Waals surface area (Å²) in [6, 6.07) is 0.394. The van der Waals surface area contributed by atoms with Gasteiger partial charge in [0, 0.05) is 6.20 Å². The number of aromatic nitrogens is 3. The molecule has 0 spiro atoms. The Hall–Kier alpha value is -0.860. The van der Waals surface area contributed by atoms with Gasteiger partial charge in [-0.25, -0.2) is 4.68 Å². The first-order valence-electron chi connectivity index (χ1n) is 3.87. The van der Waals surface area contributed by atoms with Crippen LogP contribution in [0.1, 0.15) is 33.7 Å². The molecule has 0 aliphatic heterocycles. The van der Waals surface area contributed by atoms with Crippen molar-refractivity contribution in [3.63, 3.8) is 0 Å². The molecule has 0 aliphatic rings. The number of hydrogen-bond donors (Lipinski definition) is 0. The zero-order valence-electron chi connectivity index (χ0n) is 7.57. The van der Waals surface area contributed by atoms with Crippen LogP contribution in [-0.4, -0.2) is 15.0 Å². The summed E-state index contributed by atoms with van der Waals surface area (Å²) in [6.07, 6.45) is 3.61. The second-order valence-electron chi connectivity index (χ2n) is 3.93. The van der Waals surface area contributed by atoms with Gasteiger partial charge in [0.15, 0.2) is 0 Å². The monoisotopic (exact) mass is 153 g/mol. The highest BCUT2D eigenvalue weighted by Crippen LogP contribution is 2.28. The van der Waals surface area contributed by atoms with Crippen LogP contribution in [0.2, 0.25) is 0 Å². The average Bonchev–Trinajstić information content (AvgIpc) is 2.34. The van der Waals surface area contributed by atoms with Crippen LogP contribution >= 0.6 is 0 Å². The van der Waals surface area contributed by atoms with E-state index in [4.69, 9.17) is 0 Å². The molecule has 0 amide bonds. The van der Waals surface area contributed by atoms with Crippen molar-refractivity contribution < 1.29 is 0 Å². The van der Waals surface area contributed by atoms with Crippen molar-refractivity contribution in [1.82, 2.24) is 15.0 Å². The van der Waals surface area contributed by atoms with E-state index in [1.807, 2.05) is 10.9 Å². The summed E-state index contributed by atoms with van der Waals surface area (Å²) in [4.78, 5) is 0. The highest BCUT2D eigenvalue weighted by Gasteiger charge is 2.21. The van der Waals surface area contributed by atoms with E-state index in [9.17, 15) is 0 Å². The molecule has 0 bridgehead atoms. The van der Waals surface area contributed by atoms with E-state index in [0.717, 1.165) is 0 Å². The summed E-state index contributed by atoms with van der Waals surface area (Å²) >= 11 is 0. The van der Waals surface area contributed by atoms with Crippen molar-refractivity contribution in [2.45, 2.75) is 33.7 Å². The van der Waals surface area contributed by atoms with Crippen LogP contribution in [0.15, 0.2) is 12.4 Å². The van der Waals surface area contributed by atoms with Gasteiger partial charge in [0.2, 0.25) is 0 Å². The number of nitrogens with zero attached hydrogens (tertiary/aromatic N) is 3. The molecule has 1 rings (SSSR count). The molecule has 62 valence electrons. The second kappa shape index (κ2) is 2.64. The van der Waals surface area contributed by atoms with Gasteiger partial charge in [-0.1, -0.05) is 26.0 Å². The predicted molar refractivity (Wildman–Crippen MR) is 44.2 cm³/mol. The highest BCUT2D eigenvalue weighted by atomic mass is 15.4. The van der Waals surface area contributed by atoms with Crippen molar-refractivity contribution in [1.29, 1.82) is 0 Å². The van der Waals surface area contributed by atoms with Crippen molar-refractivity contribution in [3.05, 3.63) is 12.4 Å². The van der Waals surface area contributed by atoms with E-state index >= 15 is 0 Å². The van der Waals surface area contributed by atoms with Crippen LogP contribution in [-0.2, 0) is 0 Å². The largest absolute Gasteiger partial charge is 0.249 e. The standard InChI is InChI=1S/C8H15N3/c1-7(8(2,3)4)11-6-5-9-10-11/h5-7H,1-4H3/t7-/m1/s1. The molecule has 0 N–H and O–H groups in total. The molecule has 11 heavy (non-hydrogen) atoms. The molecule has 1 aromatic rings. The Bertz CT molecular complexity index is 208. The molecule has 1 aromatic heterocycles. The average molecular weight is 153 g/mol. The molecule has 0 saturated heterocycles. The van der Waals surface area contributed by atoms with Gasteiger partial charge in [-0.15, -0.1) is 5.10 Å². The molecule has 0 aromatic carbocycles. The predicted octanol–water partition coefficient (Wildman–Crippen LogP) is 1.89. The zero-order chi connectivity index (χ0) is 8.48. The summed E-state index contributed by atoms with van der Waals surface area (Å²) in [6.45, 7) is 8.73. The Morgan fingerprint density at radius 2 is 2.00 bits per heavy atom. The van der Waals surface area contributed by atoms with E-state index < -0.39 is 0 Å². The van der Waals surface area contributed by atoms with Gasteiger partial charge >= 0.3 is 0 Å². The lowest BCUT2D eigenvalue weighted by atomic mass is 9.88. The molecule has 3 heteroatoms. The highest BCUT2D eigenvalue weighted by molar-refractivity contribution is 4.77. The molecule has 0 aliphatic carbocycles. The Kier molecular flexibility index (Phi) is 1.98. The van der Waals surface area contributed by atoms with Crippen molar-refractivity contribution in [3.8, 4) is 0 Å². The van der Waals surface area contributed by atoms with Crippen LogP contribution in [0, 0.1) is 5.41 Å².